The number of carbonyl (C=O) groups excluding carboxylic acids is 2. The van der Waals surface area contributed by atoms with E-state index in [4.69, 9.17) is 0 Å². The van der Waals surface area contributed by atoms with Crippen molar-refractivity contribution in [3.05, 3.63) is 95.6 Å². The highest BCUT2D eigenvalue weighted by Gasteiger charge is 2.33. The van der Waals surface area contributed by atoms with E-state index in [1.807, 2.05) is 20.8 Å². The largest absolute Gasteiger partial charge is 0.354 e. The van der Waals surface area contributed by atoms with Gasteiger partial charge in [-0.05, 0) is 73.4 Å². The molecule has 0 aliphatic heterocycles. The van der Waals surface area contributed by atoms with Crippen LogP contribution >= 0.6 is 0 Å². The first-order valence-corrected chi connectivity index (χ1v) is 14.5. The van der Waals surface area contributed by atoms with Gasteiger partial charge in [-0.15, -0.1) is 0 Å². The lowest BCUT2D eigenvalue weighted by Gasteiger charge is -2.33. The maximum atomic E-state index is 13.9. The van der Waals surface area contributed by atoms with Crippen LogP contribution in [0.1, 0.15) is 38.3 Å². The molecular formula is C30H35F2N3O4S. The number of aryl methyl sites for hydroxylation is 1. The van der Waals surface area contributed by atoms with E-state index in [-0.39, 0.29) is 35.4 Å². The maximum Gasteiger partial charge on any atom is 0.264 e. The van der Waals surface area contributed by atoms with Crippen LogP contribution < -0.4 is 9.62 Å². The Kier molecular flexibility index (Phi) is 10.4. The van der Waals surface area contributed by atoms with Crippen molar-refractivity contribution in [3.8, 4) is 0 Å². The minimum absolute atomic E-state index is 0.0398. The lowest BCUT2D eigenvalue weighted by molar-refractivity contribution is -0.140. The van der Waals surface area contributed by atoms with Crippen LogP contribution in [0.4, 0.5) is 14.5 Å². The Morgan fingerprint density at radius 1 is 0.875 bits per heavy atom. The van der Waals surface area contributed by atoms with Crippen molar-refractivity contribution < 1.29 is 26.8 Å². The molecule has 7 nitrogen and oxygen atoms in total. The van der Waals surface area contributed by atoms with Gasteiger partial charge in [0.15, 0.2) is 0 Å². The van der Waals surface area contributed by atoms with Crippen LogP contribution in [0.3, 0.4) is 0 Å². The van der Waals surface area contributed by atoms with Crippen molar-refractivity contribution in [1.82, 2.24) is 10.2 Å². The van der Waals surface area contributed by atoms with Crippen molar-refractivity contribution >= 4 is 27.5 Å². The van der Waals surface area contributed by atoms with Crippen molar-refractivity contribution in [2.75, 3.05) is 17.4 Å². The predicted molar refractivity (Wildman–Crippen MR) is 151 cm³/mol. The summed E-state index contributed by atoms with van der Waals surface area (Å²) >= 11 is 0. The molecule has 0 aromatic heterocycles. The van der Waals surface area contributed by atoms with E-state index in [0.717, 1.165) is 22.0 Å². The summed E-state index contributed by atoms with van der Waals surface area (Å²) < 4.78 is 55.8. The Labute approximate surface area is 234 Å². The highest BCUT2D eigenvalue weighted by atomic mass is 32.2. The summed E-state index contributed by atoms with van der Waals surface area (Å²) in [5, 5.41) is 2.85. The molecule has 0 aliphatic rings. The number of hydrogen-bond acceptors (Lipinski definition) is 4. The Balaban J connectivity index is 2.03. The molecule has 0 radical (unpaired) electrons. The quantitative estimate of drug-likeness (QED) is 0.330. The Bertz CT molecular complexity index is 1390. The summed E-state index contributed by atoms with van der Waals surface area (Å²) in [5.41, 5.74) is 1.51. The molecule has 0 bridgehead atoms. The monoisotopic (exact) mass is 571 g/mol. The van der Waals surface area contributed by atoms with Gasteiger partial charge < -0.3 is 10.2 Å². The molecule has 10 heteroatoms. The van der Waals surface area contributed by atoms with Gasteiger partial charge in [-0.2, -0.15) is 0 Å². The molecule has 0 aliphatic carbocycles. The van der Waals surface area contributed by atoms with Gasteiger partial charge >= 0.3 is 0 Å². The molecule has 214 valence electrons. The number of carbonyl (C=O) groups is 2. The lowest BCUT2D eigenvalue weighted by Crippen LogP contribution is -2.52. The maximum absolute atomic E-state index is 13.9. The van der Waals surface area contributed by atoms with Crippen molar-refractivity contribution in [2.24, 2.45) is 5.92 Å². The number of sulfonamides is 1. The molecule has 1 N–H and O–H groups in total. The Hall–Kier alpha value is -3.79. The van der Waals surface area contributed by atoms with Crippen LogP contribution in [-0.4, -0.2) is 44.3 Å². The third-order valence-corrected chi connectivity index (χ3v) is 8.13. The number of benzene rings is 3. The standard InChI is InChI=1S/C30H35F2N3O4S/c1-5-28(30(37)33-18-21(2)3)34(19-23-8-10-24(31)11-9-23)29(36)20-35(26-14-12-25(32)13-15-26)40(38,39)27-16-6-22(4)7-17-27/h6-17,21,28H,5,18-20H2,1-4H3,(H,33,37)/t28-/m1/s1. The summed E-state index contributed by atoms with van der Waals surface area (Å²) in [7, 11) is -4.25. The third-order valence-electron chi connectivity index (χ3n) is 6.34. The third kappa shape index (κ3) is 7.88. The van der Waals surface area contributed by atoms with Gasteiger partial charge in [0, 0.05) is 13.1 Å². The predicted octanol–water partition coefficient (Wildman–Crippen LogP) is 5.05. The highest BCUT2D eigenvalue weighted by molar-refractivity contribution is 7.92. The van der Waals surface area contributed by atoms with E-state index in [1.54, 1.807) is 19.1 Å². The molecule has 1 atom stereocenters. The fourth-order valence-corrected chi connectivity index (χ4v) is 5.52. The molecule has 0 unspecified atom stereocenters. The van der Waals surface area contributed by atoms with Gasteiger partial charge in [0.05, 0.1) is 10.6 Å². The van der Waals surface area contributed by atoms with Crippen LogP contribution in [0.2, 0.25) is 0 Å². The molecule has 0 heterocycles. The first kappa shape index (κ1) is 30.7. The molecule has 0 spiro atoms. The fraction of sp³-hybridized carbons (Fsp3) is 0.333. The number of amides is 2. The zero-order valence-electron chi connectivity index (χ0n) is 23.1. The Morgan fingerprint density at radius 3 is 1.95 bits per heavy atom. The fourth-order valence-electron chi connectivity index (χ4n) is 4.10. The Morgan fingerprint density at radius 2 is 1.43 bits per heavy atom. The number of nitrogens with zero attached hydrogens (tertiary/aromatic N) is 2. The van der Waals surface area contributed by atoms with Crippen molar-refractivity contribution in [1.29, 1.82) is 0 Å². The second kappa shape index (κ2) is 13.5. The van der Waals surface area contributed by atoms with E-state index in [1.165, 1.54) is 53.4 Å². The van der Waals surface area contributed by atoms with Crippen LogP contribution in [0.15, 0.2) is 77.7 Å². The summed E-state index contributed by atoms with van der Waals surface area (Å²) in [5.74, 6) is -1.85. The average molecular weight is 572 g/mol. The number of hydrogen-bond donors (Lipinski definition) is 1. The van der Waals surface area contributed by atoms with Gasteiger partial charge in [-0.1, -0.05) is 50.6 Å². The second-order valence-electron chi connectivity index (χ2n) is 10.0. The molecular weight excluding hydrogens is 536 g/mol. The molecule has 3 rings (SSSR count). The zero-order chi connectivity index (χ0) is 29.4. The molecule has 0 saturated carbocycles. The SMILES string of the molecule is CC[C@H](C(=O)NCC(C)C)N(Cc1ccc(F)cc1)C(=O)CN(c1ccc(F)cc1)S(=O)(=O)c1ccc(C)cc1. The van der Waals surface area contributed by atoms with Crippen molar-refractivity contribution in [2.45, 2.75) is 51.6 Å². The topological polar surface area (TPSA) is 86.8 Å². The van der Waals surface area contributed by atoms with E-state index < -0.39 is 40.2 Å². The average Bonchev–Trinajstić information content (AvgIpc) is 2.92. The summed E-state index contributed by atoms with van der Waals surface area (Å²) in [6, 6.07) is 15.6. The van der Waals surface area contributed by atoms with E-state index in [2.05, 4.69) is 5.32 Å². The minimum Gasteiger partial charge on any atom is -0.354 e. The van der Waals surface area contributed by atoms with Gasteiger partial charge in [-0.25, -0.2) is 17.2 Å². The van der Waals surface area contributed by atoms with E-state index in [9.17, 15) is 26.8 Å². The molecule has 0 saturated heterocycles. The minimum atomic E-state index is -4.25. The number of rotatable bonds is 12. The van der Waals surface area contributed by atoms with Crippen LogP contribution in [0.25, 0.3) is 0 Å². The first-order chi connectivity index (χ1) is 18.9. The zero-order valence-corrected chi connectivity index (χ0v) is 23.9. The summed E-state index contributed by atoms with van der Waals surface area (Å²) in [4.78, 5) is 28.4. The van der Waals surface area contributed by atoms with Crippen LogP contribution in [-0.2, 0) is 26.2 Å². The smallest absolute Gasteiger partial charge is 0.264 e. The van der Waals surface area contributed by atoms with Gasteiger partial charge in [0.2, 0.25) is 11.8 Å². The van der Waals surface area contributed by atoms with E-state index >= 15 is 0 Å². The van der Waals surface area contributed by atoms with Gasteiger partial charge in [0.25, 0.3) is 10.0 Å². The van der Waals surface area contributed by atoms with Gasteiger partial charge in [0.1, 0.15) is 24.2 Å². The molecule has 3 aromatic rings. The summed E-state index contributed by atoms with van der Waals surface area (Å²) in [6.45, 7) is 7.17. The van der Waals surface area contributed by atoms with Gasteiger partial charge in [-0.3, -0.25) is 13.9 Å². The molecule has 3 aromatic carbocycles. The number of anilines is 1. The van der Waals surface area contributed by atoms with Crippen molar-refractivity contribution in [3.63, 3.8) is 0 Å². The summed E-state index contributed by atoms with van der Waals surface area (Å²) in [6.07, 6.45) is 0.262. The number of nitrogens with one attached hydrogen (secondary N) is 1. The molecule has 40 heavy (non-hydrogen) atoms. The van der Waals surface area contributed by atoms with Crippen LogP contribution in [0, 0.1) is 24.5 Å². The molecule has 2 amide bonds. The number of halogens is 2. The highest BCUT2D eigenvalue weighted by Crippen LogP contribution is 2.25. The van der Waals surface area contributed by atoms with Crippen LogP contribution in [0.5, 0.6) is 0 Å². The second-order valence-corrected chi connectivity index (χ2v) is 11.9. The lowest BCUT2D eigenvalue weighted by atomic mass is 10.1. The molecule has 0 fully saturated rings. The first-order valence-electron chi connectivity index (χ1n) is 13.1. The van der Waals surface area contributed by atoms with E-state index in [0.29, 0.717) is 12.1 Å². The normalized spacial score (nSPS) is 12.2.